The maximum atomic E-state index is 2.57. The second-order valence-electron chi connectivity index (χ2n) is 15.6. The smallest absolute Gasteiger partial charge is 0.0726 e. The Bertz CT molecular complexity index is 2970. The predicted octanol–water partition coefficient (Wildman–Crippen LogP) is 13.6. The first-order valence-corrected chi connectivity index (χ1v) is 18.8. The molecule has 0 saturated carbocycles. The molecule has 9 aromatic rings. The van der Waals surface area contributed by atoms with E-state index in [-0.39, 0.29) is 5.41 Å². The van der Waals surface area contributed by atoms with Crippen molar-refractivity contribution in [3.05, 3.63) is 209 Å². The lowest BCUT2D eigenvalue weighted by Gasteiger charge is -2.43. The molecule has 1 aliphatic heterocycles. The van der Waals surface area contributed by atoms with Crippen molar-refractivity contribution >= 4 is 49.4 Å². The van der Waals surface area contributed by atoms with Crippen molar-refractivity contribution in [1.29, 1.82) is 0 Å². The van der Waals surface area contributed by atoms with Gasteiger partial charge in [0.1, 0.15) is 0 Å². The molecular weight excluding hydrogens is 639 g/mol. The van der Waals surface area contributed by atoms with Crippen LogP contribution in [0.1, 0.15) is 47.2 Å². The minimum absolute atomic E-state index is 0.215. The van der Waals surface area contributed by atoms with Crippen molar-refractivity contribution in [3.63, 3.8) is 0 Å². The summed E-state index contributed by atoms with van der Waals surface area (Å²) in [7, 11) is 0. The molecule has 0 radical (unpaired) electrons. The first kappa shape index (κ1) is 29.2. The van der Waals surface area contributed by atoms with E-state index in [1.54, 1.807) is 0 Å². The second kappa shape index (κ2) is 10.1. The molecule has 12 rings (SSSR count). The van der Waals surface area contributed by atoms with Crippen LogP contribution in [0, 0.1) is 0 Å². The maximum absolute atomic E-state index is 2.57. The number of benzene rings is 9. The molecule has 1 nitrogen and oxygen atoms in total. The van der Waals surface area contributed by atoms with Crippen LogP contribution >= 0.6 is 0 Å². The number of hydrogen-bond acceptors (Lipinski definition) is 1. The fourth-order valence-electron chi connectivity index (χ4n) is 10.6. The Kier molecular flexibility index (Phi) is 5.57. The van der Waals surface area contributed by atoms with Gasteiger partial charge in [0.2, 0.25) is 0 Å². The normalized spacial score (nSPS) is 15.2. The molecule has 0 bridgehead atoms. The Morgan fingerprint density at radius 1 is 0.321 bits per heavy atom. The molecule has 0 fully saturated rings. The predicted molar refractivity (Wildman–Crippen MR) is 222 cm³/mol. The monoisotopic (exact) mass is 673 g/mol. The summed E-state index contributed by atoms with van der Waals surface area (Å²) in [6.45, 7) is 4.82. The number of para-hydroxylation sites is 1. The number of nitrogens with zero attached hydrogens (tertiary/aromatic N) is 1. The number of rotatable bonds is 1. The molecule has 0 amide bonds. The van der Waals surface area contributed by atoms with E-state index < -0.39 is 5.41 Å². The highest BCUT2D eigenvalue weighted by Crippen LogP contribution is 2.65. The van der Waals surface area contributed by atoms with Gasteiger partial charge in [-0.25, -0.2) is 0 Å². The van der Waals surface area contributed by atoms with Gasteiger partial charge in [0, 0.05) is 11.1 Å². The molecular formula is C52H35N. The quantitative estimate of drug-likeness (QED) is 0.157. The van der Waals surface area contributed by atoms with Gasteiger partial charge in [0.15, 0.2) is 0 Å². The van der Waals surface area contributed by atoms with Crippen molar-refractivity contribution in [1.82, 2.24) is 0 Å². The topological polar surface area (TPSA) is 3.24 Å². The van der Waals surface area contributed by atoms with E-state index in [1.807, 2.05) is 0 Å². The summed E-state index contributed by atoms with van der Waals surface area (Å²) in [5.74, 6) is 0. The van der Waals surface area contributed by atoms with Crippen molar-refractivity contribution in [2.24, 2.45) is 0 Å². The lowest BCUT2D eigenvalue weighted by Crippen LogP contribution is -2.32. The molecule has 0 N–H and O–H groups in total. The lowest BCUT2D eigenvalue weighted by atomic mass is 9.68. The van der Waals surface area contributed by atoms with Crippen LogP contribution < -0.4 is 4.90 Å². The zero-order valence-corrected chi connectivity index (χ0v) is 29.7. The molecule has 9 aromatic carbocycles. The molecule has 1 heteroatoms. The van der Waals surface area contributed by atoms with Gasteiger partial charge in [-0.3, -0.25) is 0 Å². The Morgan fingerprint density at radius 3 is 1.36 bits per heavy atom. The van der Waals surface area contributed by atoms with Gasteiger partial charge >= 0.3 is 0 Å². The Labute approximate surface area is 309 Å². The van der Waals surface area contributed by atoms with Crippen molar-refractivity contribution in [2.75, 3.05) is 4.90 Å². The van der Waals surface area contributed by atoms with E-state index >= 15 is 0 Å². The third-order valence-electron chi connectivity index (χ3n) is 12.8. The van der Waals surface area contributed by atoms with Crippen LogP contribution in [0.2, 0.25) is 0 Å². The van der Waals surface area contributed by atoms with Gasteiger partial charge in [0.25, 0.3) is 0 Å². The first-order chi connectivity index (χ1) is 26.1. The summed E-state index contributed by atoms with van der Waals surface area (Å²) < 4.78 is 0. The molecule has 248 valence electrons. The highest BCUT2D eigenvalue weighted by molar-refractivity contribution is 6.25. The van der Waals surface area contributed by atoms with E-state index in [9.17, 15) is 0 Å². The highest BCUT2D eigenvalue weighted by atomic mass is 15.2. The van der Waals surface area contributed by atoms with Gasteiger partial charge in [-0.1, -0.05) is 159 Å². The summed E-state index contributed by atoms with van der Waals surface area (Å²) in [6, 6.07) is 66.5. The fourth-order valence-corrected chi connectivity index (χ4v) is 10.6. The third kappa shape index (κ3) is 3.53. The van der Waals surface area contributed by atoms with Crippen LogP contribution in [-0.2, 0) is 10.8 Å². The Hall–Kier alpha value is -6.44. The summed E-state index contributed by atoms with van der Waals surface area (Å²) in [5.41, 5.74) is 16.6. The average Bonchev–Trinajstić information content (AvgIpc) is 3.67. The number of hydrogen-bond donors (Lipinski definition) is 0. The van der Waals surface area contributed by atoms with Gasteiger partial charge in [0.05, 0.1) is 16.8 Å². The fraction of sp³-hybridized carbons (Fsp3) is 0.0769. The van der Waals surface area contributed by atoms with Crippen LogP contribution in [0.3, 0.4) is 0 Å². The molecule has 1 spiro atoms. The summed E-state index contributed by atoms with van der Waals surface area (Å²) in [4.78, 5) is 2.56. The van der Waals surface area contributed by atoms with Crippen LogP contribution in [-0.4, -0.2) is 0 Å². The van der Waals surface area contributed by atoms with Gasteiger partial charge < -0.3 is 4.90 Å². The zero-order valence-electron chi connectivity index (χ0n) is 29.7. The SMILES string of the molecule is CC1(C)c2ccccc2N(c2ccc3c4ccccc4c4ccccc4c3c2)c2cc3c(cc21)-c1ccccc1C31c2ccccc2-c2ccccc21. The zero-order chi connectivity index (χ0) is 35.1. The third-order valence-corrected chi connectivity index (χ3v) is 12.8. The largest absolute Gasteiger partial charge is 0.310 e. The molecule has 0 unspecified atom stereocenters. The average molecular weight is 674 g/mol. The molecule has 0 atom stereocenters. The van der Waals surface area contributed by atoms with E-state index in [0.717, 1.165) is 0 Å². The summed E-state index contributed by atoms with van der Waals surface area (Å²) in [6.07, 6.45) is 0. The molecule has 1 heterocycles. The van der Waals surface area contributed by atoms with Crippen molar-refractivity contribution in [2.45, 2.75) is 24.7 Å². The standard InChI is InChI=1S/C52H35N/c1-51(2)46-25-13-14-26-49(46)53(32-27-28-37-35-17-4-3-15-33(35)34-16-5-6-18-36(34)41(37)29-32)50-31-47-42(30-48(50)51)40-21-9-12-24-45(40)52(47)43-22-10-7-19-38(43)39-20-8-11-23-44(39)52/h3-31H,1-2H3. The van der Waals surface area contributed by atoms with Crippen LogP contribution in [0.5, 0.6) is 0 Å². The summed E-state index contributed by atoms with van der Waals surface area (Å²) >= 11 is 0. The van der Waals surface area contributed by atoms with E-state index in [1.165, 1.54) is 105 Å². The molecule has 0 aromatic heterocycles. The molecule has 3 aliphatic rings. The van der Waals surface area contributed by atoms with Crippen molar-refractivity contribution < 1.29 is 0 Å². The van der Waals surface area contributed by atoms with Gasteiger partial charge in [-0.15, -0.1) is 0 Å². The minimum Gasteiger partial charge on any atom is -0.310 e. The highest BCUT2D eigenvalue weighted by Gasteiger charge is 2.52. The van der Waals surface area contributed by atoms with Crippen LogP contribution in [0.15, 0.2) is 176 Å². The van der Waals surface area contributed by atoms with E-state index in [0.29, 0.717) is 0 Å². The van der Waals surface area contributed by atoms with Gasteiger partial charge in [-0.05, 0) is 118 Å². The van der Waals surface area contributed by atoms with Crippen molar-refractivity contribution in [3.8, 4) is 22.3 Å². The molecule has 53 heavy (non-hydrogen) atoms. The van der Waals surface area contributed by atoms with Crippen LogP contribution in [0.25, 0.3) is 54.6 Å². The second-order valence-corrected chi connectivity index (χ2v) is 15.6. The number of fused-ring (bicyclic) bond motifs is 18. The molecule has 2 aliphatic carbocycles. The maximum Gasteiger partial charge on any atom is 0.0726 e. The number of anilines is 3. The Balaban J connectivity index is 1.20. The first-order valence-electron chi connectivity index (χ1n) is 18.8. The van der Waals surface area contributed by atoms with Crippen LogP contribution in [0.4, 0.5) is 17.1 Å². The lowest BCUT2D eigenvalue weighted by molar-refractivity contribution is 0.631. The summed E-state index contributed by atoms with van der Waals surface area (Å²) in [5, 5.41) is 7.75. The Morgan fingerprint density at radius 2 is 0.774 bits per heavy atom. The molecule has 0 saturated heterocycles. The minimum atomic E-state index is -0.403. The van der Waals surface area contributed by atoms with E-state index in [4.69, 9.17) is 0 Å². The van der Waals surface area contributed by atoms with Gasteiger partial charge in [-0.2, -0.15) is 0 Å². The van der Waals surface area contributed by atoms with E-state index in [2.05, 4.69) is 195 Å².